The van der Waals surface area contributed by atoms with Crippen LogP contribution in [0.5, 0.6) is 0 Å². The van der Waals surface area contributed by atoms with E-state index in [-0.39, 0.29) is 0 Å². The van der Waals surface area contributed by atoms with E-state index in [0.29, 0.717) is 6.04 Å². The minimum atomic E-state index is 0.593. The van der Waals surface area contributed by atoms with E-state index in [1.165, 1.54) is 16.6 Å². The molecule has 3 heteroatoms. The molecule has 94 valence electrons. The van der Waals surface area contributed by atoms with Gasteiger partial charge in [0.2, 0.25) is 0 Å². The maximum absolute atomic E-state index is 4.70. The number of fused-ring (bicyclic) bond motifs is 1. The third kappa shape index (κ3) is 2.06. The Morgan fingerprint density at radius 3 is 2.83 bits per heavy atom. The summed E-state index contributed by atoms with van der Waals surface area (Å²) in [6.45, 7) is 3.92. The molecule has 1 heterocycles. The molecule has 1 N–H and O–H groups in total. The van der Waals surface area contributed by atoms with Gasteiger partial charge in [0.15, 0.2) is 0 Å². The summed E-state index contributed by atoms with van der Waals surface area (Å²) in [4.78, 5) is 0. The van der Waals surface area contributed by atoms with Crippen LogP contribution >= 0.6 is 0 Å². The van der Waals surface area contributed by atoms with Crippen LogP contribution < -0.4 is 5.32 Å². The van der Waals surface area contributed by atoms with Gasteiger partial charge in [-0.3, -0.25) is 4.68 Å². The van der Waals surface area contributed by atoms with Crippen molar-refractivity contribution in [3.63, 3.8) is 0 Å². The zero-order valence-electron chi connectivity index (χ0n) is 10.8. The van der Waals surface area contributed by atoms with E-state index >= 15 is 0 Å². The van der Waals surface area contributed by atoms with Gasteiger partial charge in [-0.1, -0.05) is 30.4 Å². The molecular formula is C15H19N3. The summed E-state index contributed by atoms with van der Waals surface area (Å²) in [6.07, 6.45) is 6.79. The van der Waals surface area contributed by atoms with Crippen molar-refractivity contribution in [2.24, 2.45) is 0 Å². The third-order valence-corrected chi connectivity index (χ3v) is 3.60. The fourth-order valence-electron chi connectivity index (χ4n) is 2.59. The largest absolute Gasteiger partial charge is 0.308 e. The van der Waals surface area contributed by atoms with E-state index in [2.05, 4.69) is 53.3 Å². The lowest BCUT2D eigenvalue weighted by molar-refractivity contribution is 0.528. The van der Waals surface area contributed by atoms with Crippen LogP contribution in [0.3, 0.4) is 0 Å². The molecule has 0 saturated carbocycles. The van der Waals surface area contributed by atoms with Gasteiger partial charge in [-0.25, -0.2) is 0 Å². The number of hydrogen-bond donors (Lipinski definition) is 1. The molecule has 0 unspecified atom stereocenters. The van der Waals surface area contributed by atoms with Crippen LogP contribution in [-0.2, 0) is 13.1 Å². The Labute approximate surface area is 107 Å². The minimum absolute atomic E-state index is 0.593. The Hall–Kier alpha value is -1.61. The highest BCUT2D eigenvalue weighted by Crippen LogP contribution is 2.19. The molecule has 0 bridgehead atoms. The first-order valence-corrected chi connectivity index (χ1v) is 6.71. The van der Waals surface area contributed by atoms with Crippen LogP contribution in [0.25, 0.3) is 10.9 Å². The van der Waals surface area contributed by atoms with Gasteiger partial charge >= 0.3 is 0 Å². The van der Waals surface area contributed by atoms with Crippen LogP contribution in [0.2, 0.25) is 0 Å². The number of aryl methyl sites for hydroxylation is 1. The van der Waals surface area contributed by atoms with Crippen molar-refractivity contribution in [3.05, 3.63) is 42.1 Å². The van der Waals surface area contributed by atoms with Gasteiger partial charge in [-0.15, -0.1) is 0 Å². The maximum Gasteiger partial charge on any atom is 0.0841 e. The van der Waals surface area contributed by atoms with Gasteiger partial charge in [0, 0.05) is 24.5 Å². The summed E-state index contributed by atoms with van der Waals surface area (Å²) in [7, 11) is 0. The summed E-state index contributed by atoms with van der Waals surface area (Å²) >= 11 is 0. The monoisotopic (exact) mass is 241 g/mol. The SMILES string of the molecule is CCn1nc(CNC2CC=CC2)c2ccccc21. The zero-order valence-corrected chi connectivity index (χ0v) is 10.8. The number of benzene rings is 1. The van der Waals surface area contributed by atoms with E-state index in [1.54, 1.807) is 0 Å². The molecular weight excluding hydrogens is 222 g/mol. The average molecular weight is 241 g/mol. The molecule has 0 radical (unpaired) electrons. The van der Waals surface area contributed by atoms with E-state index in [1.807, 2.05) is 0 Å². The Morgan fingerprint density at radius 1 is 1.28 bits per heavy atom. The second-order valence-corrected chi connectivity index (χ2v) is 4.80. The highest BCUT2D eigenvalue weighted by molar-refractivity contribution is 5.81. The lowest BCUT2D eigenvalue weighted by Crippen LogP contribution is -2.26. The van der Waals surface area contributed by atoms with Crippen LogP contribution in [0.1, 0.15) is 25.5 Å². The van der Waals surface area contributed by atoms with Gasteiger partial charge < -0.3 is 5.32 Å². The molecule has 18 heavy (non-hydrogen) atoms. The first-order chi connectivity index (χ1) is 8.88. The summed E-state index contributed by atoms with van der Waals surface area (Å²) in [5.74, 6) is 0. The third-order valence-electron chi connectivity index (χ3n) is 3.60. The lowest BCUT2D eigenvalue weighted by Gasteiger charge is -2.10. The highest BCUT2D eigenvalue weighted by Gasteiger charge is 2.12. The molecule has 0 atom stereocenters. The number of rotatable bonds is 4. The minimum Gasteiger partial charge on any atom is -0.308 e. The lowest BCUT2D eigenvalue weighted by atomic mass is 10.2. The fourth-order valence-corrected chi connectivity index (χ4v) is 2.59. The van der Waals surface area contributed by atoms with Crippen LogP contribution in [-0.4, -0.2) is 15.8 Å². The van der Waals surface area contributed by atoms with E-state index in [0.717, 1.165) is 25.9 Å². The predicted molar refractivity (Wildman–Crippen MR) is 74.4 cm³/mol. The van der Waals surface area contributed by atoms with Crippen LogP contribution in [0.15, 0.2) is 36.4 Å². The first-order valence-electron chi connectivity index (χ1n) is 6.71. The normalized spacial score (nSPS) is 15.8. The molecule has 0 aliphatic heterocycles. The Kier molecular flexibility index (Phi) is 3.15. The van der Waals surface area contributed by atoms with Crippen molar-refractivity contribution in [1.29, 1.82) is 0 Å². The van der Waals surface area contributed by atoms with Crippen LogP contribution in [0, 0.1) is 0 Å². The Bertz CT molecular complexity index is 560. The number of nitrogens with one attached hydrogen (secondary N) is 1. The number of hydrogen-bond acceptors (Lipinski definition) is 2. The molecule has 3 rings (SSSR count). The number of aromatic nitrogens is 2. The molecule has 1 aliphatic carbocycles. The number of para-hydroxylation sites is 1. The van der Waals surface area contributed by atoms with Crippen molar-refractivity contribution < 1.29 is 0 Å². The Balaban J connectivity index is 1.82. The molecule has 0 amide bonds. The predicted octanol–water partition coefficient (Wildman–Crippen LogP) is 2.86. The van der Waals surface area contributed by atoms with E-state index in [9.17, 15) is 0 Å². The number of nitrogens with zero attached hydrogens (tertiary/aromatic N) is 2. The second-order valence-electron chi connectivity index (χ2n) is 4.80. The van der Waals surface area contributed by atoms with E-state index < -0.39 is 0 Å². The zero-order chi connectivity index (χ0) is 12.4. The molecule has 2 aromatic rings. The smallest absolute Gasteiger partial charge is 0.0841 e. The first kappa shape index (κ1) is 11.5. The molecule has 3 nitrogen and oxygen atoms in total. The maximum atomic E-state index is 4.70. The van der Waals surface area contributed by atoms with Gasteiger partial charge in [0.05, 0.1) is 11.2 Å². The van der Waals surface area contributed by atoms with Crippen molar-refractivity contribution in [2.75, 3.05) is 0 Å². The van der Waals surface area contributed by atoms with Gasteiger partial charge in [0.25, 0.3) is 0 Å². The van der Waals surface area contributed by atoms with Crippen molar-refractivity contribution >= 4 is 10.9 Å². The van der Waals surface area contributed by atoms with Gasteiger partial charge in [-0.2, -0.15) is 5.10 Å². The fraction of sp³-hybridized carbons (Fsp3) is 0.400. The Morgan fingerprint density at radius 2 is 2.06 bits per heavy atom. The van der Waals surface area contributed by atoms with Crippen molar-refractivity contribution in [2.45, 2.75) is 38.9 Å². The summed E-state index contributed by atoms with van der Waals surface area (Å²) in [5, 5.41) is 9.57. The molecule has 1 aromatic heterocycles. The summed E-state index contributed by atoms with van der Waals surface area (Å²) in [5.41, 5.74) is 2.40. The topological polar surface area (TPSA) is 29.9 Å². The van der Waals surface area contributed by atoms with Crippen LogP contribution in [0.4, 0.5) is 0 Å². The van der Waals surface area contributed by atoms with Gasteiger partial charge in [-0.05, 0) is 25.8 Å². The highest BCUT2D eigenvalue weighted by atomic mass is 15.3. The molecule has 0 fully saturated rings. The van der Waals surface area contributed by atoms with Gasteiger partial charge in [0.1, 0.15) is 0 Å². The van der Waals surface area contributed by atoms with Crippen molar-refractivity contribution in [1.82, 2.24) is 15.1 Å². The molecule has 0 spiro atoms. The average Bonchev–Trinajstić information content (AvgIpc) is 3.04. The summed E-state index contributed by atoms with van der Waals surface area (Å²) in [6, 6.07) is 9.07. The van der Waals surface area contributed by atoms with Crippen molar-refractivity contribution in [3.8, 4) is 0 Å². The van der Waals surface area contributed by atoms with E-state index in [4.69, 9.17) is 5.10 Å². The second kappa shape index (κ2) is 4.94. The standard InChI is InChI=1S/C15H19N3/c1-2-18-15-10-6-5-9-13(15)14(17-18)11-16-12-7-3-4-8-12/h3-6,9-10,12,16H,2,7-8,11H2,1H3. The molecule has 1 aliphatic rings. The molecule has 0 saturated heterocycles. The quantitative estimate of drug-likeness (QED) is 0.834. The molecule has 1 aromatic carbocycles. The summed E-state index contributed by atoms with van der Waals surface area (Å²) < 4.78 is 2.08.